The molecular formula is C25H23NO5. The van der Waals surface area contributed by atoms with E-state index in [0.29, 0.717) is 5.56 Å². The van der Waals surface area contributed by atoms with Crippen LogP contribution in [0.3, 0.4) is 0 Å². The van der Waals surface area contributed by atoms with Gasteiger partial charge in [-0.1, -0.05) is 60.7 Å². The monoisotopic (exact) mass is 417 g/mol. The van der Waals surface area contributed by atoms with Crippen molar-refractivity contribution in [3.8, 4) is 11.1 Å². The Balaban J connectivity index is 1.50. The lowest BCUT2D eigenvalue weighted by Gasteiger charge is -2.29. The Morgan fingerprint density at radius 3 is 2.16 bits per heavy atom. The molecule has 1 aliphatic carbocycles. The molecule has 3 aromatic carbocycles. The van der Waals surface area contributed by atoms with Crippen LogP contribution in [-0.4, -0.2) is 35.5 Å². The van der Waals surface area contributed by atoms with Gasteiger partial charge < -0.3 is 20.3 Å². The van der Waals surface area contributed by atoms with Gasteiger partial charge in [0.2, 0.25) is 0 Å². The summed E-state index contributed by atoms with van der Waals surface area (Å²) in [5.41, 5.74) is 3.85. The van der Waals surface area contributed by atoms with Gasteiger partial charge in [0, 0.05) is 5.92 Å². The average molecular weight is 417 g/mol. The zero-order valence-electron chi connectivity index (χ0n) is 17.0. The van der Waals surface area contributed by atoms with Gasteiger partial charge >= 0.3 is 12.1 Å². The van der Waals surface area contributed by atoms with Gasteiger partial charge in [-0.15, -0.1) is 0 Å². The minimum atomic E-state index is -1.19. The quantitative estimate of drug-likeness (QED) is 0.560. The summed E-state index contributed by atoms with van der Waals surface area (Å²) in [6.07, 6.45) is -0.681. The van der Waals surface area contributed by atoms with Crippen LogP contribution in [0.25, 0.3) is 11.1 Å². The highest BCUT2D eigenvalue weighted by molar-refractivity contribution is 5.88. The molecule has 0 aliphatic heterocycles. The summed E-state index contributed by atoms with van der Waals surface area (Å²) in [7, 11) is 0. The Labute approximate surface area is 180 Å². The van der Waals surface area contributed by atoms with Crippen molar-refractivity contribution in [2.75, 3.05) is 13.2 Å². The summed E-state index contributed by atoms with van der Waals surface area (Å²) in [4.78, 5) is 23.9. The summed E-state index contributed by atoms with van der Waals surface area (Å²) in [5, 5.41) is 21.9. The van der Waals surface area contributed by atoms with E-state index < -0.39 is 24.2 Å². The van der Waals surface area contributed by atoms with Gasteiger partial charge in [0.05, 0.1) is 17.7 Å². The van der Waals surface area contributed by atoms with Gasteiger partial charge in [0.1, 0.15) is 6.61 Å². The Bertz CT molecular complexity index is 1100. The van der Waals surface area contributed by atoms with Gasteiger partial charge in [0.15, 0.2) is 0 Å². The summed E-state index contributed by atoms with van der Waals surface area (Å²) < 4.78 is 5.56. The number of nitrogens with one attached hydrogen (secondary N) is 1. The molecule has 6 nitrogen and oxygen atoms in total. The standard InChI is InChI=1S/C25H23NO5/c1-25(15-27,17-8-6-7-16(13-17)23(28)29)26-24(30)31-14-22-20-11-4-2-9-18(20)19-10-3-5-12-21(19)22/h2-13,22,27H,14-15H2,1H3,(H,26,30)(H,28,29). The number of aromatic carboxylic acids is 1. The summed E-state index contributed by atoms with van der Waals surface area (Å²) in [6.45, 7) is 1.35. The molecule has 0 heterocycles. The van der Waals surface area contributed by atoms with Crippen LogP contribution in [0.15, 0.2) is 72.8 Å². The number of benzene rings is 3. The van der Waals surface area contributed by atoms with Crippen LogP contribution < -0.4 is 5.32 Å². The second kappa shape index (κ2) is 8.24. The number of carboxylic acids is 1. The molecular weight excluding hydrogens is 394 g/mol. The second-order valence-corrected chi connectivity index (χ2v) is 7.83. The number of carbonyl (C=O) groups is 2. The Hall–Kier alpha value is -3.64. The van der Waals surface area contributed by atoms with E-state index in [0.717, 1.165) is 22.3 Å². The van der Waals surface area contributed by atoms with Gasteiger partial charge in [-0.2, -0.15) is 0 Å². The molecule has 0 saturated heterocycles. The van der Waals surface area contributed by atoms with E-state index in [1.807, 2.05) is 36.4 Å². The zero-order chi connectivity index (χ0) is 22.0. The average Bonchev–Trinajstić information content (AvgIpc) is 3.11. The molecule has 1 unspecified atom stereocenters. The minimum absolute atomic E-state index is 0.0751. The third kappa shape index (κ3) is 3.90. The molecule has 0 spiro atoms. The van der Waals surface area contributed by atoms with Crippen LogP contribution in [0.4, 0.5) is 4.79 Å². The number of hydrogen-bond acceptors (Lipinski definition) is 4. The predicted octanol–water partition coefficient (Wildman–Crippen LogP) is 4.13. The number of aliphatic hydroxyl groups excluding tert-OH is 1. The number of alkyl carbamates (subject to hydrolysis) is 1. The van der Waals surface area contributed by atoms with E-state index in [2.05, 4.69) is 17.4 Å². The lowest BCUT2D eigenvalue weighted by molar-refractivity contribution is 0.0696. The van der Waals surface area contributed by atoms with E-state index in [1.165, 1.54) is 12.1 Å². The highest BCUT2D eigenvalue weighted by Gasteiger charge is 2.32. The SMILES string of the molecule is CC(CO)(NC(=O)OCC1c2ccccc2-c2ccccc21)c1cccc(C(=O)O)c1. The molecule has 0 aromatic heterocycles. The number of fused-ring (bicyclic) bond motifs is 3. The van der Waals surface area contributed by atoms with Crippen molar-refractivity contribution in [3.63, 3.8) is 0 Å². The van der Waals surface area contributed by atoms with Gasteiger partial charge in [-0.05, 0) is 46.9 Å². The molecule has 0 radical (unpaired) electrons. The van der Waals surface area contributed by atoms with E-state index in [4.69, 9.17) is 4.74 Å². The molecule has 31 heavy (non-hydrogen) atoms. The maximum absolute atomic E-state index is 12.6. The summed E-state index contributed by atoms with van der Waals surface area (Å²) in [6, 6.07) is 22.2. The molecule has 158 valence electrons. The number of amides is 1. The fraction of sp³-hybridized carbons (Fsp3) is 0.200. The van der Waals surface area contributed by atoms with E-state index in [1.54, 1.807) is 19.1 Å². The maximum Gasteiger partial charge on any atom is 0.407 e. The first-order valence-electron chi connectivity index (χ1n) is 10.0. The molecule has 4 rings (SSSR count). The highest BCUT2D eigenvalue weighted by Crippen LogP contribution is 2.44. The number of rotatable bonds is 6. The minimum Gasteiger partial charge on any atom is -0.478 e. The first kappa shape index (κ1) is 20.6. The van der Waals surface area contributed by atoms with Crippen LogP contribution in [0, 0.1) is 0 Å². The highest BCUT2D eigenvalue weighted by atomic mass is 16.5. The van der Waals surface area contributed by atoms with E-state index in [9.17, 15) is 19.8 Å². The molecule has 3 N–H and O–H groups in total. The second-order valence-electron chi connectivity index (χ2n) is 7.83. The van der Waals surface area contributed by atoms with Crippen molar-refractivity contribution < 1.29 is 24.5 Å². The summed E-state index contributed by atoms with van der Waals surface area (Å²) >= 11 is 0. The number of ether oxygens (including phenoxy) is 1. The molecule has 0 fully saturated rings. The summed E-state index contributed by atoms with van der Waals surface area (Å²) in [5.74, 6) is -1.16. The Morgan fingerprint density at radius 2 is 1.58 bits per heavy atom. The van der Waals surface area contributed by atoms with Crippen LogP contribution in [-0.2, 0) is 10.3 Å². The van der Waals surface area contributed by atoms with E-state index in [-0.39, 0.29) is 18.1 Å². The zero-order valence-corrected chi connectivity index (χ0v) is 17.0. The number of hydrogen-bond donors (Lipinski definition) is 3. The molecule has 1 amide bonds. The molecule has 1 aliphatic rings. The Kier molecular flexibility index (Phi) is 5.48. The first-order chi connectivity index (χ1) is 14.9. The third-order valence-electron chi connectivity index (χ3n) is 5.78. The lowest BCUT2D eigenvalue weighted by atomic mass is 9.91. The normalized spacial score (nSPS) is 14.3. The van der Waals surface area contributed by atoms with Crippen LogP contribution in [0.2, 0.25) is 0 Å². The molecule has 0 saturated carbocycles. The fourth-order valence-corrected chi connectivity index (χ4v) is 4.06. The van der Waals surface area contributed by atoms with Gasteiger partial charge in [-0.3, -0.25) is 0 Å². The fourth-order valence-electron chi connectivity index (χ4n) is 4.06. The largest absolute Gasteiger partial charge is 0.478 e. The van der Waals surface area contributed by atoms with Crippen molar-refractivity contribution in [2.45, 2.75) is 18.4 Å². The van der Waals surface area contributed by atoms with Crippen molar-refractivity contribution in [3.05, 3.63) is 95.1 Å². The van der Waals surface area contributed by atoms with Crippen molar-refractivity contribution in [2.24, 2.45) is 0 Å². The van der Waals surface area contributed by atoms with Gasteiger partial charge in [-0.25, -0.2) is 9.59 Å². The molecule has 1 atom stereocenters. The van der Waals surface area contributed by atoms with Crippen LogP contribution in [0.1, 0.15) is 39.9 Å². The molecule has 6 heteroatoms. The number of carbonyl (C=O) groups excluding carboxylic acids is 1. The maximum atomic E-state index is 12.6. The smallest absolute Gasteiger partial charge is 0.407 e. The predicted molar refractivity (Wildman–Crippen MR) is 116 cm³/mol. The van der Waals surface area contributed by atoms with Crippen LogP contribution >= 0.6 is 0 Å². The number of aliphatic hydroxyl groups is 1. The van der Waals surface area contributed by atoms with Gasteiger partial charge in [0.25, 0.3) is 0 Å². The van der Waals surface area contributed by atoms with E-state index >= 15 is 0 Å². The third-order valence-corrected chi connectivity index (χ3v) is 5.78. The molecule has 0 bridgehead atoms. The number of carboxylic acid groups (broad SMARTS) is 1. The van der Waals surface area contributed by atoms with Crippen molar-refractivity contribution in [1.82, 2.24) is 5.32 Å². The molecule has 3 aromatic rings. The van der Waals surface area contributed by atoms with Crippen molar-refractivity contribution >= 4 is 12.1 Å². The Morgan fingerprint density at radius 1 is 0.968 bits per heavy atom. The van der Waals surface area contributed by atoms with Crippen LogP contribution in [0.5, 0.6) is 0 Å². The van der Waals surface area contributed by atoms with Crippen molar-refractivity contribution in [1.29, 1.82) is 0 Å². The topological polar surface area (TPSA) is 95.9 Å². The lowest BCUT2D eigenvalue weighted by Crippen LogP contribution is -2.46. The first-order valence-corrected chi connectivity index (χ1v) is 10.0.